The number of hydrogen-bond acceptors (Lipinski definition) is 5. The van der Waals surface area contributed by atoms with Crippen LogP contribution in [0.3, 0.4) is 0 Å². The molecule has 5 heteroatoms. The van der Waals surface area contributed by atoms with Gasteiger partial charge in [-0.3, -0.25) is 4.79 Å². The molecule has 1 aliphatic carbocycles. The molecule has 0 aliphatic heterocycles. The second kappa shape index (κ2) is 6.06. The van der Waals surface area contributed by atoms with Crippen molar-refractivity contribution in [2.75, 3.05) is 0 Å². The highest BCUT2D eigenvalue weighted by Crippen LogP contribution is 2.32. The zero-order valence-corrected chi connectivity index (χ0v) is 14.4. The van der Waals surface area contributed by atoms with Crippen LogP contribution in [0.2, 0.25) is 0 Å². The van der Waals surface area contributed by atoms with E-state index in [1.807, 2.05) is 24.4 Å². The molecule has 1 aliphatic rings. The van der Waals surface area contributed by atoms with Crippen LogP contribution in [0, 0.1) is 0 Å². The van der Waals surface area contributed by atoms with E-state index >= 15 is 0 Å². The lowest BCUT2D eigenvalue weighted by atomic mass is 10.0. The number of fused-ring (bicyclic) bond motifs is 2. The first-order chi connectivity index (χ1) is 11.2. The van der Waals surface area contributed by atoms with E-state index in [1.165, 1.54) is 29.3 Å². The van der Waals surface area contributed by atoms with Crippen LogP contribution in [-0.4, -0.2) is 21.0 Å². The summed E-state index contributed by atoms with van der Waals surface area (Å²) in [4.78, 5) is 22.4. The van der Waals surface area contributed by atoms with Crippen molar-refractivity contribution in [2.45, 2.75) is 36.5 Å². The molecule has 116 valence electrons. The first kappa shape index (κ1) is 14.8. The monoisotopic (exact) mass is 340 g/mol. The molecule has 23 heavy (non-hydrogen) atoms. The average Bonchev–Trinajstić information content (AvgIpc) is 3.22. The van der Waals surface area contributed by atoms with E-state index in [0.29, 0.717) is 0 Å². The molecule has 1 aromatic carbocycles. The van der Waals surface area contributed by atoms with Crippen molar-refractivity contribution >= 4 is 39.1 Å². The summed E-state index contributed by atoms with van der Waals surface area (Å²) in [6.07, 6.45) is 5.02. The molecule has 0 bridgehead atoms. The summed E-state index contributed by atoms with van der Waals surface area (Å²) in [7, 11) is 0. The summed E-state index contributed by atoms with van der Waals surface area (Å²) in [5.74, 6) is 0.173. The first-order valence-corrected chi connectivity index (χ1v) is 9.49. The van der Waals surface area contributed by atoms with Gasteiger partial charge in [0.1, 0.15) is 16.2 Å². The molecular weight excluding hydrogens is 324 g/mol. The van der Waals surface area contributed by atoms with E-state index < -0.39 is 0 Å². The first-order valence-electron chi connectivity index (χ1n) is 7.73. The van der Waals surface area contributed by atoms with Crippen molar-refractivity contribution in [1.82, 2.24) is 9.97 Å². The molecule has 2 heterocycles. The van der Waals surface area contributed by atoms with Gasteiger partial charge in [0.05, 0.1) is 5.25 Å². The third kappa shape index (κ3) is 2.79. The Kier molecular flexibility index (Phi) is 3.91. The van der Waals surface area contributed by atoms with Gasteiger partial charge in [-0.15, -0.1) is 11.3 Å². The van der Waals surface area contributed by atoms with Gasteiger partial charge in [-0.2, -0.15) is 0 Å². The van der Waals surface area contributed by atoms with E-state index in [1.54, 1.807) is 17.7 Å². The SMILES string of the molecule is CC(Sc1ncnc2sccc12)C(=O)c1ccc2c(c1)CCC2. The molecule has 3 aromatic rings. The van der Waals surface area contributed by atoms with Crippen molar-refractivity contribution in [1.29, 1.82) is 0 Å². The fraction of sp³-hybridized carbons (Fsp3) is 0.278. The van der Waals surface area contributed by atoms with Crippen LogP contribution >= 0.6 is 23.1 Å². The number of rotatable bonds is 4. The molecule has 3 nitrogen and oxygen atoms in total. The van der Waals surface area contributed by atoms with Crippen LogP contribution in [0.5, 0.6) is 0 Å². The third-order valence-electron chi connectivity index (χ3n) is 4.27. The number of nitrogens with zero attached hydrogens (tertiary/aromatic N) is 2. The maximum Gasteiger partial charge on any atom is 0.175 e. The van der Waals surface area contributed by atoms with Gasteiger partial charge in [-0.1, -0.05) is 23.9 Å². The Labute approximate surface area is 143 Å². The molecule has 2 aromatic heterocycles. The van der Waals surface area contributed by atoms with Crippen molar-refractivity contribution in [2.24, 2.45) is 0 Å². The smallest absolute Gasteiger partial charge is 0.175 e. The number of ketones is 1. The summed E-state index contributed by atoms with van der Waals surface area (Å²) in [5, 5.41) is 3.78. The number of Topliss-reactive ketones (excluding diaryl/α,β-unsaturated/α-hetero) is 1. The largest absolute Gasteiger partial charge is 0.293 e. The predicted molar refractivity (Wildman–Crippen MR) is 95.5 cm³/mol. The second-order valence-corrected chi connectivity index (χ2v) is 8.00. The van der Waals surface area contributed by atoms with E-state index in [-0.39, 0.29) is 11.0 Å². The highest BCUT2D eigenvalue weighted by atomic mass is 32.2. The third-order valence-corrected chi connectivity index (χ3v) is 6.20. The van der Waals surface area contributed by atoms with Gasteiger partial charge in [0, 0.05) is 10.9 Å². The molecule has 0 saturated heterocycles. The van der Waals surface area contributed by atoms with Gasteiger partial charge in [0.2, 0.25) is 0 Å². The summed E-state index contributed by atoms with van der Waals surface area (Å²) in [5.41, 5.74) is 3.56. The van der Waals surface area contributed by atoms with Crippen LogP contribution < -0.4 is 0 Å². The van der Waals surface area contributed by atoms with E-state index in [0.717, 1.165) is 33.6 Å². The molecule has 0 radical (unpaired) electrons. The van der Waals surface area contributed by atoms with Crippen molar-refractivity contribution in [3.8, 4) is 0 Å². The number of carbonyl (C=O) groups is 1. The summed E-state index contributed by atoms with van der Waals surface area (Å²) in [6.45, 7) is 1.96. The van der Waals surface area contributed by atoms with Gasteiger partial charge in [0.15, 0.2) is 5.78 Å². The molecule has 0 spiro atoms. The van der Waals surface area contributed by atoms with Crippen molar-refractivity contribution in [3.05, 3.63) is 52.7 Å². The van der Waals surface area contributed by atoms with Gasteiger partial charge in [0.25, 0.3) is 0 Å². The Hall–Kier alpha value is -1.72. The maximum atomic E-state index is 12.8. The minimum absolute atomic E-state index is 0.160. The van der Waals surface area contributed by atoms with E-state index in [4.69, 9.17) is 0 Å². The number of hydrogen-bond donors (Lipinski definition) is 0. The lowest BCUT2D eigenvalue weighted by Crippen LogP contribution is -2.14. The molecule has 0 amide bonds. The van der Waals surface area contributed by atoms with Gasteiger partial charge < -0.3 is 0 Å². The number of thioether (sulfide) groups is 1. The van der Waals surface area contributed by atoms with Gasteiger partial charge in [-0.05, 0) is 54.8 Å². The van der Waals surface area contributed by atoms with Crippen LogP contribution in [-0.2, 0) is 12.8 Å². The van der Waals surface area contributed by atoms with Crippen LogP contribution in [0.25, 0.3) is 10.2 Å². The second-order valence-electron chi connectivity index (χ2n) is 5.78. The molecule has 1 atom stereocenters. The standard InChI is InChI=1S/C18H16N2OS2/c1-11(23-18-15-7-8-22-17(15)19-10-20-18)16(21)14-6-5-12-3-2-4-13(12)9-14/h5-11H,2-4H2,1H3. The van der Waals surface area contributed by atoms with Gasteiger partial charge >= 0.3 is 0 Å². The number of aromatic nitrogens is 2. The lowest BCUT2D eigenvalue weighted by molar-refractivity contribution is 0.0994. The summed E-state index contributed by atoms with van der Waals surface area (Å²) >= 11 is 3.12. The zero-order valence-electron chi connectivity index (χ0n) is 12.8. The normalized spacial score (nSPS) is 14.8. The van der Waals surface area contributed by atoms with Crippen LogP contribution in [0.1, 0.15) is 34.8 Å². The van der Waals surface area contributed by atoms with Crippen LogP contribution in [0.4, 0.5) is 0 Å². The van der Waals surface area contributed by atoms with E-state index in [2.05, 4.69) is 22.1 Å². The molecule has 0 fully saturated rings. The predicted octanol–water partition coefficient (Wildman–Crippen LogP) is 4.54. The number of benzene rings is 1. The maximum absolute atomic E-state index is 12.8. The number of aryl methyl sites for hydroxylation is 2. The quantitative estimate of drug-likeness (QED) is 0.397. The molecule has 0 saturated carbocycles. The molecular formula is C18H16N2OS2. The Morgan fingerprint density at radius 1 is 1.22 bits per heavy atom. The minimum atomic E-state index is -0.160. The minimum Gasteiger partial charge on any atom is -0.293 e. The topological polar surface area (TPSA) is 42.9 Å². The Morgan fingerprint density at radius 2 is 2.09 bits per heavy atom. The van der Waals surface area contributed by atoms with Crippen molar-refractivity contribution in [3.63, 3.8) is 0 Å². The van der Waals surface area contributed by atoms with Crippen LogP contribution in [0.15, 0.2) is 41.0 Å². The Morgan fingerprint density at radius 3 is 3.00 bits per heavy atom. The number of carbonyl (C=O) groups excluding carboxylic acids is 1. The lowest BCUT2D eigenvalue weighted by Gasteiger charge is -2.11. The summed E-state index contributed by atoms with van der Waals surface area (Å²) in [6, 6.07) is 8.20. The van der Waals surface area contributed by atoms with Gasteiger partial charge in [-0.25, -0.2) is 9.97 Å². The fourth-order valence-electron chi connectivity index (χ4n) is 3.04. The number of thiophene rings is 1. The zero-order chi connectivity index (χ0) is 15.8. The molecule has 0 N–H and O–H groups in total. The average molecular weight is 340 g/mol. The summed E-state index contributed by atoms with van der Waals surface area (Å²) < 4.78 is 0. The highest BCUT2D eigenvalue weighted by molar-refractivity contribution is 8.00. The highest BCUT2D eigenvalue weighted by Gasteiger charge is 2.20. The Balaban J connectivity index is 1.58. The molecule has 4 rings (SSSR count). The molecule has 1 unspecified atom stereocenters. The fourth-order valence-corrected chi connectivity index (χ4v) is 4.82. The van der Waals surface area contributed by atoms with E-state index in [9.17, 15) is 4.79 Å². The Bertz CT molecular complexity index is 888. The van der Waals surface area contributed by atoms with Crippen molar-refractivity contribution < 1.29 is 4.79 Å².